The zero-order chi connectivity index (χ0) is 14.5. The molecule has 0 atom stereocenters. The van der Waals surface area contributed by atoms with Crippen molar-refractivity contribution in [3.63, 3.8) is 0 Å². The lowest BCUT2D eigenvalue weighted by atomic mass is 10.1. The van der Waals surface area contributed by atoms with Gasteiger partial charge in [-0.1, -0.05) is 23.7 Å². The maximum atomic E-state index is 13.4. The molecule has 0 unspecified atom stereocenters. The Bertz CT molecular complexity index is 612. The van der Waals surface area contributed by atoms with Gasteiger partial charge in [0.1, 0.15) is 18.2 Å². The van der Waals surface area contributed by atoms with Crippen LogP contribution >= 0.6 is 11.6 Å². The van der Waals surface area contributed by atoms with E-state index in [1.807, 2.05) is 0 Å². The molecule has 0 spiro atoms. The van der Waals surface area contributed by atoms with Crippen LogP contribution in [-0.2, 0) is 11.3 Å². The molecule has 0 bridgehead atoms. The van der Waals surface area contributed by atoms with Gasteiger partial charge in [-0.05, 0) is 29.8 Å². The van der Waals surface area contributed by atoms with E-state index in [0.29, 0.717) is 11.1 Å². The molecule has 5 heteroatoms. The molecule has 0 fully saturated rings. The molecule has 2 aromatic rings. The van der Waals surface area contributed by atoms with E-state index in [4.69, 9.17) is 16.3 Å². The number of benzene rings is 2. The van der Waals surface area contributed by atoms with Crippen molar-refractivity contribution >= 4 is 17.4 Å². The lowest BCUT2D eigenvalue weighted by molar-refractivity contribution is 0.0722. The Labute approximate surface area is 119 Å². The Morgan fingerprint density at radius 1 is 1.10 bits per heavy atom. The predicted octanol–water partition coefficient (Wildman–Crippen LogP) is 4.02. The molecule has 0 aliphatic heterocycles. The third-order valence-corrected chi connectivity index (χ3v) is 2.90. The Kier molecular flexibility index (Phi) is 4.82. The van der Waals surface area contributed by atoms with E-state index in [0.717, 1.165) is 17.7 Å². The van der Waals surface area contributed by atoms with Crippen LogP contribution in [0.3, 0.4) is 0 Å². The van der Waals surface area contributed by atoms with Crippen molar-refractivity contribution in [2.45, 2.75) is 6.61 Å². The molecule has 0 saturated carbocycles. The fourth-order valence-corrected chi connectivity index (χ4v) is 1.76. The van der Waals surface area contributed by atoms with E-state index >= 15 is 0 Å². The van der Waals surface area contributed by atoms with Crippen molar-refractivity contribution in [1.82, 2.24) is 0 Å². The van der Waals surface area contributed by atoms with Crippen LogP contribution in [0.1, 0.15) is 15.9 Å². The maximum absolute atomic E-state index is 13.4. The number of hydrogen-bond donors (Lipinski definition) is 0. The summed E-state index contributed by atoms with van der Waals surface area (Å²) in [7, 11) is 0. The first kappa shape index (κ1) is 14.6. The van der Waals surface area contributed by atoms with E-state index in [-0.39, 0.29) is 18.8 Å². The SMILES string of the molecule is O=C(COCc1ccc(Cl)cc1)c1ccc(F)cc1F. The number of halogens is 3. The van der Waals surface area contributed by atoms with Crippen LogP contribution in [0.25, 0.3) is 0 Å². The van der Waals surface area contributed by atoms with Crippen LogP contribution in [0.2, 0.25) is 5.02 Å². The summed E-state index contributed by atoms with van der Waals surface area (Å²) in [6.45, 7) is -0.0586. The smallest absolute Gasteiger partial charge is 0.191 e. The fourth-order valence-electron chi connectivity index (χ4n) is 1.64. The first-order chi connectivity index (χ1) is 9.56. The topological polar surface area (TPSA) is 26.3 Å². The average Bonchev–Trinajstić information content (AvgIpc) is 2.41. The van der Waals surface area contributed by atoms with Crippen LogP contribution < -0.4 is 0 Å². The number of rotatable bonds is 5. The van der Waals surface area contributed by atoms with Crippen molar-refractivity contribution in [3.8, 4) is 0 Å². The van der Waals surface area contributed by atoms with Crippen molar-refractivity contribution in [1.29, 1.82) is 0 Å². The highest BCUT2D eigenvalue weighted by atomic mass is 35.5. The van der Waals surface area contributed by atoms with Crippen LogP contribution in [0.15, 0.2) is 42.5 Å². The average molecular weight is 297 g/mol. The number of hydrogen-bond acceptors (Lipinski definition) is 2. The van der Waals surface area contributed by atoms with Gasteiger partial charge in [0, 0.05) is 11.1 Å². The zero-order valence-corrected chi connectivity index (χ0v) is 11.2. The zero-order valence-electron chi connectivity index (χ0n) is 10.4. The van der Waals surface area contributed by atoms with Gasteiger partial charge in [-0.2, -0.15) is 0 Å². The van der Waals surface area contributed by atoms with Gasteiger partial charge >= 0.3 is 0 Å². The fraction of sp³-hybridized carbons (Fsp3) is 0.133. The third kappa shape index (κ3) is 3.85. The van der Waals surface area contributed by atoms with Gasteiger partial charge in [0.05, 0.1) is 12.2 Å². The summed E-state index contributed by atoms with van der Waals surface area (Å²) < 4.78 is 31.3. The monoisotopic (exact) mass is 296 g/mol. The predicted molar refractivity (Wildman–Crippen MR) is 71.8 cm³/mol. The molecule has 0 aromatic heterocycles. The Balaban J connectivity index is 1.90. The quantitative estimate of drug-likeness (QED) is 0.779. The van der Waals surface area contributed by atoms with Gasteiger partial charge in [0.2, 0.25) is 0 Å². The largest absolute Gasteiger partial charge is 0.369 e. The highest BCUT2D eigenvalue weighted by Crippen LogP contribution is 2.12. The van der Waals surface area contributed by atoms with Gasteiger partial charge in [0.15, 0.2) is 5.78 Å². The lowest BCUT2D eigenvalue weighted by Crippen LogP contribution is -2.11. The van der Waals surface area contributed by atoms with E-state index < -0.39 is 17.4 Å². The van der Waals surface area contributed by atoms with Crippen molar-refractivity contribution in [2.75, 3.05) is 6.61 Å². The third-order valence-electron chi connectivity index (χ3n) is 2.65. The molecule has 0 heterocycles. The molecule has 0 aliphatic carbocycles. The molecule has 0 amide bonds. The summed E-state index contributed by atoms with van der Waals surface area (Å²) in [5.74, 6) is -2.14. The van der Waals surface area contributed by atoms with Crippen LogP contribution in [0.5, 0.6) is 0 Å². The van der Waals surface area contributed by atoms with Gasteiger partial charge < -0.3 is 4.74 Å². The van der Waals surface area contributed by atoms with E-state index in [1.165, 1.54) is 0 Å². The van der Waals surface area contributed by atoms with Gasteiger partial charge in [-0.25, -0.2) is 8.78 Å². The minimum atomic E-state index is -0.884. The molecule has 2 aromatic carbocycles. The second-order valence-corrected chi connectivity index (χ2v) is 4.60. The molecule has 20 heavy (non-hydrogen) atoms. The van der Waals surface area contributed by atoms with Gasteiger partial charge in [0.25, 0.3) is 0 Å². The summed E-state index contributed by atoms with van der Waals surface area (Å²) in [6, 6.07) is 9.78. The Morgan fingerprint density at radius 3 is 2.45 bits per heavy atom. The van der Waals surface area contributed by atoms with E-state index in [2.05, 4.69) is 0 Å². The first-order valence-corrected chi connectivity index (χ1v) is 6.24. The molecule has 104 valence electrons. The number of Topliss-reactive ketones (excluding diaryl/α,β-unsaturated/α-hetero) is 1. The lowest BCUT2D eigenvalue weighted by Gasteiger charge is -2.05. The highest BCUT2D eigenvalue weighted by molar-refractivity contribution is 6.30. The van der Waals surface area contributed by atoms with E-state index in [1.54, 1.807) is 24.3 Å². The second kappa shape index (κ2) is 6.59. The van der Waals surface area contributed by atoms with Crippen molar-refractivity contribution in [3.05, 3.63) is 70.2 Å². The number of carbonyl (C=O) groups excluding carboxylic acids is 1. The minimum Gasteiger partial charge on any atom is -0.369 e. The van der Waals surface area contributed by atoms with Gasteiger partial charge in [-0.15, -0.1) is 0 Å². The molecule has 0 N–H and O–H groups in total. The first-order valence-electron chi connectivity index (χ1n) is 5.86. The minimum absolute atomic E-state index is 0.178. The normalized spacial score (nSPS) is 10.6. The number of ketones is 1. The Hall–Kier alpha value is -1.78. The summed E-state index contributed by atoms with van der Waals surface area (Å²) in [4.78, 5) is 11.7. The second-order valence-electron chi connectivity index (χ2n) is 4.17. The summed E-state index contributed by atoms with van der Waals surface area (Å²) in [6.07, 6.45) is 0. The summed E-state index contributed by atoms with van der Waals surface area (Å²) in [5, 5.41) is 0.609. The summed E-state index contributed by atoms with van der Waals surface area (Å²) in [5.41, 5.74) is 0.671. The molecule has 2 rings (SSSR count). The molecule has 0 aliphatic rings. The standard InChI is InChI=1S/C15H11ClF2O2/c16-11-3-1-10(2-4-11)8-20-9-15(19)13-6-5-12(17)7-14(13)18/h1-7H,8-9H2. The van der Waals surface area contributed by atoms with Crippen molar-refractivity contribution < 1.29 is 18.3 Å². The molecule has 0 radical (unpaired) electrons. The van der Waals surface area contributed by atoms with Crippen LogP contribution in [0, 0.1) is 11.6 Å². The Morgan fingerprint density at radius 2 is 1.80 bits per heavy atom. The van der Waals surface area contributed by atoms with Gasteiger partial charge in [-0.3, -0.25) is 4.79 Å². The van der Waals surface area contributed by atoms with E-state index in [9.17, 15) is 13.6 Å². The molecule has 2 nitrogen and oxygen atoms in total. The molecular weight excluding hydrogens is 286 g/mol. The van der Waals surface area contributed by atoms with Crippen LogP contribution in [-0.4, -0.2) is 12.4 Å². The van der Waals surface area contributed by atoms with Crippen LogP contribution in [0.4, 0.5) is 8.78 Å². The highest BCUT2D eigenvalue weighted by Gasteiger charge is 2.12. The number of carbonyl (C=O) groups is 1. The maximum Gasteiger partial charge on any atom is 0.191 e. The number of ether oxygens (including phenoxy) is 1. The molecular formula is C15H11ClF2O2. The summed E-state index contributed by atoms with van der Waals surface area (Å²) >= 11 is 5.74. The molecule has 0 saturated heterocycles. The van der Waals surface area contributed by atoms with Crippen molar-refractivity contribution in [2.24, 2.45) is 0 Å².